The fraction of sp³-hybridized carbons (Fsp3) is 0.0769. The number of benzene rings is 1. The van der Waals surface area contributed by atoms with Gasteiger partial charge in [-0.25, -0.2) is 4.68 Å². The molecule has 1 aromatic carbocycles. The molecule has 86 valence electrons. The lowest BCUT2D eigenvalue weighted by Crippen LogP contribution is -2.07. The first-order chi connectivity index (χ1) is 8.25. The van der Waals surface area contributed by atoms with E-state index in [1.165, 1.54) is 0 Å². The van der Waals surface area contributed by atoms with Gasteiger partial charge in [0.25, 0.3) is 0 Å². The van der Waals surface area contributed by atoms with Crippen molar-refractivity contribution < 1.29 is 4.79 Å². The van der Waals surface area contributed by atoms with Crippen molar-refractivity contribution in [2.75, 3.05) is 0 Å². The number of para-hydroxylation sites is 1. The molecule has 0 bridgehead atoms. The number of carbonyl (C=O) groups excluding carboxylic acids is 1. The summed E-state index contributed by atoms with van der Waals surface area (Å²) in [6.07, 6.45) is 7.44. The molecular formula is C13H13N3O. The third-order valence-electron chi connectivity index (χ3n) is 2.25. The monoisotopic (exact) mass is 227 g/mol. The molecule has 0 saturated heterocycles. The highest BCUT2D eigenvalue weighted by molar-refractivity contribution is 5.76. The van der Waals surface area contributed by atoms with E-state index >= 15 is 0 Å². The Morgan fingerprint density at radius 1 is 1.35 bits per heavy atom. The molecule has 2 N–H and O–H groups in total. The number of aromatic nitrogens is 2. The molecule has 0 aliphatic carbocycles. The number of nitrogens with two attached hydrogens (primary N) is 1. The molecule has 0 aliphatic rings. The molecule has 4 heteroatoms. The van der Waals surface area contributed by atoms with E-state index < -0.39 is 0 Å². The van der Waals surface area contributed by atoms with Crippen molar-refractivity contribution in [1.82, 2.24) is 9.78 Å². The van der Waals surface area contributed by atoms with E-state index in [9.17, 15) is 4.79 Å². The minimum atomic E-state index is -0.336. The Kier molecular flexibility index (Phi) is 3.35. The fourth-order valence-electron chi connectivity index (χ4n) is 1.46. The summed E-state index contributed by atoms with van der Waals surface area (Å²) in [5, 5.41) is 4.23. The van der Waals surface area contributed by atoms with Crippen LogP contribution in [0.5, 0.6) is 0 Å². The van der Waals surface area contributed by atoms with Crippen molar-refractivity contribution >= 4 is 12.0 Å². The summed E-state index contributed by atoms with van der Waals surface area (Å²) < 4.78 is 1.78. The van der Waals surface area contributed by atoms with Crippen LogP contribution in [0.1, 0.15) is 12.0 Å². The number of hydrogen-bond acceptors (Lipinski definition) is 2. The zero-order valence-corrected chi connectivity index (χ0v) is 9.28. The van der Waals surface area contributed by atoms with Gasteiger partial charge in [-0.15, -0.1) is 0 Å². The lowest BCUT2D eigenvalue weighted by Gasteiger charge is -1.98. The molecule has 17 heavy (non-hydrogen) atoms. The number of nitrogens with zero attached hydrogens (tertiary/aromatic N) is 2. The summed E-state index contributed by atoms with van der Waals surface area (Å²) >= 11 is 0. The Bertz CT molecular complexity index is 529. The van der Waals surface area contributed by atoms with Gasteiger partial charge in [-0.2, -0.15) is 5.10 Å². The van der Waals surface area contributed by atoms with Crippen molar-refractivity contribution in [3.8, 4) is 5.69 Å². The van der Waals surface area contributed by atoms with Crippen LogP contribution in [0.25, 0.3) is 11.8 Å². The van der Waals surface area contributed by atoms with E-state index in [0.717, 1.165) is 11.3 Å². The SMILES string of the molecule is NC(=O)CC=Cc1cnn(-c2ccccc2)c1. The van der Waals surface area contributed by atoms with Crippen LogP contribution in [-0.2, 0) is 4.79 Å². The molecule has 0 fully saturated rings. The second-order valence-corrected chi connectivity index (χ2v) is 3.63. The summed E-state index contributed by atoms with van der Waals surface area (Å²) in [7, 11) is 0. The average Bonchev–Trinajstić information content (AvgIpc) is 2.78. The second-order valence-electron chi connectivity index (χ2n) is 3.63. The smallest absolute Gasteiger partial charge is 0.221 e. The summed E-state index contributed by atoms with van der Waals surface area (Å²) in [6, 6.07) is 9.83. The molecule has 2 aromatic rings. The lowest BCUT2D eigenvalue weighted by atomic mass is 10.3. The Morgan fingerprint density at radius 2 is 2.12 bits per heavy atom. The minimum absolute atomic E-state index is 0.247. The van der Waals surface area contributed by atoms with E-state index in [2.05, 4.69) is 5.10 Å². The van der Waals surface area contributed by atoms with Crippen LogP contribution in [-0.4, -0.2) is 15.7 Å². The molecule has 0 radical (unpaired) electrons. The zero-order valence-electron chi connectivity index (χ0n) is 9.28. The first-order valence-electron chi connectivity index (χ1n) is 5.30. The second kappa shape index (κ2) is 5.12. The van der Waals surface area contributed by atoms with Crippen molar-refractivity contribution in [3.63, 3.8) is 0 Å². The first-order valence-corrected chi connectivity index (χ1v) is 5.30. The highest BCUT2D eigenvalue weighted by Crippen LogP contribution is 2.08. The highest BCUT2D eigenvalue weighted by atomic mass is 16.1. The van der Waals surface area contributed by atoms with E-state index in [0.29, 0.717) is 0 Å². The maximum Gasteiger partial charge on any atom is 0.221 e. The third kappa shape index (κ3) is 3.04. The lowest BCUT2D eigenvalue weighted by molar-refractivity contribution is -0.117. The van der Waals surface area contributed by atoms with Gasteiger partial charge in [0, 0.05) is 18.2 Å². The van der Waals surface area contributed by atoms with Crippen LogP contribution >= 0.6 is 0 Å². The van der Waals surface area contributed by atoms with E-state index in [1.807, 2.05) is 42.6 Å². The van der Waals surface area contributed by atoms with Gasteiger partial charge in [0.2, 0.25) is 5.91 Å². The van der Waals surface area contributed by atoms with Gasteiger partial charge in [-0.1, -0.05) is 30.4 Å². The van der Waals surface area contributed by atoms with E-state index in [4.69, 9.17) is 5.73 Å². The summed E-state index contributed by atoms with van der Waals surface area (Å²) in [4.78, 5) is 10.6. The number of primary amides is 1. The van der Waals surface area contributed by atoms with Crippen molar-refractivity contribution in [2.24, 2.45) is 5.73 Å². The highest BCUT2D eigenvalue weighted by Gasteiger charge is 1.97. The average molecular weight is 227 g/mol. The molecule has 0 atom stereocenters. The van der Waals surface area contributed by atoms with Crippen LogP contribution < -0.4 is 5.73 Å². The molecule has 0 aliphatic heterocycles. The van der Waals surface area contributed by atoms with Gasteiger partial charge >= 0.3 is 0 Å². The van der Waals surface area contributed by atoms with Gasteiger partial charge in [0.05, 0.1) is 11.9 Å². The first kappa shape index (κ1) is 11.1. The Labute approximate surface area is 99.4 Å². The predicted octanol–water partition coefficient (Wildman–Crippen LogP) is 1.76. The molecular weight excluding hydrogens is 214 g/mol. The summed E-state index contributed by atoms with van der Waals surface area (Å²) in [5.74, 6) is -0.336. The maximum absolute atomic E-state index is 10.6. The number of carbonyl (C=O) groups is 1. The predicted molar refractivity (Wildman–Crippen MR) is 66.4 cm³/mol. The van der Waals surface area contributed by atoms with Gasteiger partial charge in [0.15, 0.2) is 0 Å². The van der Waals surface area contributed by atoms with Crippen molar-refractivity contribution in [2.45, 2.75) is 6.42 Å². The number of amides is 1. The molecule has 1 heterocycles. The van der Waals surface area contributed by atoms with Crippen LogP contribution in [0.15, 0.2) is 48.8 Å². The normalized spacial score (nSPS) is 10.8. The molecule has 2 rings (SSSR count). The maximum atomic E-state index is 10.6. The topological polar surface area (TPSA) is 60.9 Å². The van der Waals surface area contributed by atoms with Gasteiger partial charge in [-0.3, -0.25) is 4.79 Å². The van der Waals surface area contributed by atoms with Crippen LogP contribution in [0.4, 0.5) is 0 Å². The van der Waals surface area contributed by atoms with Crippen LogP contribution in [0, 0.1) is 0 Å². The Hall–Kier alpha value is -2.36. The quantitative estimate of drug-likeness (QED) is 0.865. The standard InChI is InChI=1S/C13H13N3O/c14-13(17)8-4-5-11-9-15-16(10-11)12-6-2-1-3-7-12/h1-7,9-10H,8H2,(H2,14,17). The number of hydrogen-bond donors (Lipinski definition) is 1. The van der Waals surface area contributed by atoms with Crippen molar-refractivity contribution in [1.29, 1.82) is 0 Å². The zero-order chi connectivity index (χ0) is 12.1. The van der Waals surface area contributed by atoms with E-state index in [-0.39, 0.29) is 12.3 Å². The Balaban J connectivity index is 2.11. The molecule has 0 unspecified atom stereocenters. The fourth-order valence-corrected chi connectivity index (χ4v) is 1.46. The minimum Gasteiger partial charge on any atom is -0.369 e. The Morgan fingerprint density at radius 3 is 2.82 bits per heavy atom. The molecule has 0 saturated carbocycles. The van der Waals surface area contributed by atoms with Crippen molar-refractivity contribution in [3.05, 3.63) is 54.4 Å². The molecule has 1 aromatic heterocycles. The largest absolute Gasteiger partial charge is 0.369 e. The molecule has 0 spiro atoms. The van der Waals surface area contributed by atoms with Crippen LogP contribution in [0.3, 0.4) is 0 Å². The van der Waals surface area contributed by atoms with Gasteiger partial charge in [0.1, 0.15) is 0 Å². The molecule has 4 nitrogen and oxygen atoms in total. The van der Waals surface area contributed by atoms with Crippen LogP contribution in [0.2, 0.25) is 0 Å². The van der Waals surface area contributed by atoms with Gasteiger partial charge < -0.3 is 5.73 Å². The number of rotatable bonds is 4. The van der Waals surface area contributed by atoms with E-state index in [1.54, 1.807) is 17.0 Å². The van der Waals surface area contributed by atoms with Gasteiger partial charge in [-0.05, 0) is 12.1 Å². The summed E-state index contributed by atoms with van der Waals surface area (Å²) in [5.41, 5.74) is 6.98. The molecule has 1 amide bonds. The summed E-state index contributed by atoms with van der Waals surface area (Å²) in [6.45, 7) is 0. The third-order valence-corrected chi connectivity index (χ3v) is 2.25.